The van der Waals surface area contributed by atoms with E-state index in [2.05, 4.69) is 4.98 Å². The number of nitrogens with one attached hydrogen (secondary N) is 1. The van der Waals surface area contributed by atoms with Crippen molar-refractivity contribution in [3.8, 4) is 40.8 Å². The van der Waals surface area contributed by atoms with E-state index < -0.39 is 5.56 Å². The Morgan fingerprint density at radius 2 is 1.88 bits per heavy atom. The van der Waals surface area contributed by atoms with Gasteiger partial charge in [-0.3, -0.25) is 4.79 Å². The van der Waals surface area contributed by atoms with Gasteiger partial charge in [0.1, 0.15) is 35.2 Å². The number of nitriles is 3. The Kier molecular flexibility index (Phi) is 4.70. The number of nitrogens with zero attached hydrogens (tertiary/aromatic N) is 3. The van der Waals surface area contributed by atoms with Gasteiger partial charge in [-0.1, -0.05) is 6.07 Å². The zero-order chi connectivity index (χ0) is 17.7. The Bertz CT molecular complexity index is 973. The van der Waals surface area contributed by atoms with Gasteiger partial charge >= 0.3 is 0 Å². The molecule has 0 aliphatic rings. The minimum atomic E-state index is -0.695. The number of ether oxygens (including phenoxy) is 2. The van der Waals surface area contributed by atoms with Crippen LogP contribution in [-0.2, 0) is 0 Å². The first-order valence-corrected chi connectivity index (χ1v) is 6.61. The standard InChI is InChI=1S/C16H11N5O3/c1-23-12-3-2-9(6-13(12)24-5-4-17)14-10(7-18)15(20)21-16(22)11(14)8-19/h2-3,6H,5H2,1H3,(H3,20,21,22). The number of hydrogen-bond acceptors (Lipinski definition) is 7. The van der Waals surface area contributed by atoms with E-state index in [0.717, 1.165) is 0 Å². The average Bonchev–Trinajstić information content (AvgIpc) is 2.59. The molecule has 0 radical (unpaired) electrons. The molecular weight excluding hydrogens is 310 g/mol. The summed E-state index contributed by atoms with van der Waals surface area (Å²) in [5.74, 6) is 0.471. The predicted molar refractivity (Wildman–Crippen MR) is 84.0 cm³/mol. The maximum absolute atomic E-state index is 11.9. The summed E-state index contributed by atoms with van der Waals surface area (Å²) in [5, 5.41) is 27.2. The van der Waals surface area contributed by atoms with Crippen LogP contribution >= 0.6 is 0 Å². The maximum atomic E-state index is 11.9. The van der Waals surface area contributed by atoms with Gasteiger partial charge in [0.05, 0.1) is 7.11 Å². The van der Waals surface area contributed by atoms with E-state index in [1.165, 1.54) is 13.2 Å². The van der Waals surface area contributed by atoms with Crippen molar-refractivity contribution in [1.29, 1.82) is 15.8 Å². The van der Waals surface area contributed by atoms with E-state index in [1.54, 1.807) is 18.2 Å². The summed E-state index contributed by atoms with van der Waals surface area (Å²) < 4.78 is 10.4. The summed E-state index contributed by atoms with van der Waals surface area (Å²) in [5.41, 5.74) is 5.19. The van der Waals surface area contributed by atoms with Gasteiger partial charge in [0.2, 0.25) is 0 Å². The molecule has 118 valence electrons. The summed E-state index contributed by atoms with van der Waals surface area (Å²) in [4.78, 5) is 14.2. The molecule has 1 aromatic heterocycles. The van der Waals surface area contributed by atoms with Crippen molar-refractivity contribution >= 4 is 5.82 Å². The van der Waals surface area contributed by atoms with E-state index in [9.17, 15) is 15.3 Å². The predicted octanol–water partition coefficient (Wildman–Crippen LogP) is 1.28. The SMILES string of the molecule is COc1ccc(-c2c(C#N)c(N)[nH]c(=O)c2C#N)cc1OCC#N. The highest BCUT2D eigenvalue weighted by Crippen LogP contribution is 2.35. The highest BCUT2D eigenvalue weighted by atomic mass is 16.5. The molecule has 0 fully saturated rings. The summed E-state index contributed by atoms with van der Waals surface area (Å²) in [6, 6.07) is 10.1. The number of benzene rings is 1. The molecule has 0 saturated heterocycles. The normalized spacial score (nSPS) is 9.42. The number of anilines is 1. The van der Waals surface area contributed by atoms with Crippen molar-refractivity contribution in [2.24, 2.45) is 0 Å². The van der Waals surface area contributed by atoms with Crippen LogP contribution in [0.2, 0.25) is 0 Å². The number of hydrogen-bond donors (Lipinski definition) is 2. The van der Waals surface area contributed by atoms with Crippen molar-refractivity contribution in [3.05, 3.63) is 39.7 Å². The van der Waals surface area contributed by atoms with Gasteiger partial charge in [-0.25, -0.2) is 0 Å². The number of methoxy groups -OCH3 is 1. The first-order valence-electron chi connectivity index (χ1n) is 6.61. The number of nitrogens with two attached hydrogens (primary N) is 1. The number of nitrogen functional groups attached to an aromatic ring is 1. The van der Waals surface area contributed by atoms with Gasteiger partial charge < -0.3 is 20.2 Å². The minimum Gasteiger partial charge on any atom is -0.493 e. The molecule has 0 spiro atoms. The second-order valence-electron chi connectivity index (χ2n) is 4.53. The van der Waals surface area contributed by atoms with Gasteiger partial charge in [-0.05, 0) is 17.7 Å². The third kappa shape index (κ3) is 2.83. The second-order valence-corrected chi connectivity index (χ2v) is 4.53. The van der Waals surface area contributed by atoms with Crippen LogP contribution in [0.4, 0.5) is 5.82 Å². The number of aromatic amines is 1. The zero-order valence-electron chi connectivity index (χ0n) is 12.6. The van der Waals surface area contributed by atoms with Gasteiger partial charge in [-0.2, -0.15) is 15.8 Å². The molecule has 8 nitrogen and oxygen atoms in total. The van der Waals surface area contributed by atoms with Crippen LogP contribution in [0.5, 0.6) is 11.5 Å². The van der Waals surface area contributed by atoms with E-state index in [4.69, 9.17) is 20.5 Å². The number of rotatable bonds is 4. The van der Waals surface area contributed by atoms with Crippen molar-refractivity contribution in [2.75, 3.05) is 19.5 Å². The molecule has 2 rings (SSSR count). The Morgan fingerprint density at radius 1 is 1.17 bits per heavy atom. The van der Waals surface area contributed by atoms with E-state index in [1.807, 2.05) is 12.1 Å². The fourth-order valence-corrected chi connectivity index (χ4v) is 2.19. The molecule has 2 aromatic rings. The van der Waals surface area contributed by atoms with Crippen LogP contribution in [0.1, 0.15) is 11.1 Å². The van der Waals surface area contributed by atoms with Crippen LogP contribution in [0, 0.1) is 34.0 Å². The lowest BCUT2D eigenvalue weighted by Crippen LogP contribution is -2.16. The average molecular weight is 321 g/mol. The Hall–Kier alpha value is -3.96. The van der Waals surface area contributed by atoms with Crippen LogP contribution < -0.4 is 20.8 Å². The second kappa shape index (κ2) is 6.87. The monoisotopic (exact) mass is 321 g/mol. The topological polar surface area (TPSA) is 149 Å². The lowest BCUT2D eigenvalue weighted by molar-refractivity contribution is 0.330. The molecule has 0 saturated carbocycles. The molecule has 24 heavy (non-hydrogen) atoms. The molecule has 0 amide bonds. The molecule has 0 unspecified atom stereocenters. The Balaban J connectivity index is 2.78. The molecule has 1 heterocycles. The minimum absolute atomic E-state index is 0.0254. The third-order valence-corrected chi connectivity index (χ3v) is 3.21. The fourth-order valence-electron chi connectivity index (χ4n) is 2.19. The first-order chi connectivity index (χ1) is 11.6. The van der Waals surface area contributed by atoms with Crippen molar-refractivity contribution in [2.45, 2.75) is 0 Å². The van der Waals surface area contributed by atoms with Gasteiger partial charge in [-0.15, -0.1) is 0 Å². The molecule has 0 aliphatic heterocycles. The van der Waals surface area contributed by atoms with Gasteiger partial charge in [0.25, 0.3) is 5.56 Å². The first kappa shape index (κ1) is 16.4. The fraction of sp³-hybridized carbons (Fsp3) is 0.125. The summed E-state index contributed by atoms with van der Waals surface area (Å²) in [6.07, 6.45) is 0. The quantitative estimate of drug-likeness (QED) is 0.861. The molecule has 8 heteroatoms. The van der Waals surface area contributed by atoms with Crippen LogP contribution in [-0.4, -0.2) is 18.7 Å². The Morgan fingerprint density at radius 3 is 2.46 bits per heavy atom. The van der Waals surface area contributed by atoms with E-state index in [-0.39, 0.29) is 34.9 Å². The molecule has 3 N–H and O–H groups in total. The smallest absolute Gasteiger partial charge is 0.268 e. The molecular formula is C16H11N5O3. The van der Waals surface area contributed by atoms with Crippen LogP contribution in [0.3, 0.4) is 0 Å². The number of H-pyrrole nitrogens is 1. The lowest BCUT2D eigenvalue weighted by atomic mass is 9.96. The summed E-state index contributed by atoms with van der Waals surface area (Å²) >= 11 is 0. The van der Waals surface area contributed by atoms with Crippen LogP contribution in [0.25, 0.3) is 11.1 Å². The third-order valence-electron chi connectivity index (χ3n) is 3.21. The molecule has 0 aliphatic carbocycles. The zero-order valence-corrected chi connectivity index (χ0v) is 12.6. The summed E-state index contributed by atoms with van der Waals surface area (Å²) in [6.45, 7) is -0.215. The largest absolute Gasteiger partial charge is 0.493 e. The molecule has 0 atom stereocenters. The lowest BCUT2D eigenvalue weighted by Gasteiger charge is -2.13. The number of pyridine rings is 1. The highest BCUT2D eigenvalue weighted by molar-refractivity contribution is 5.81. The van der Waals surface area contributed by atoms with Crippen molar-refractivity contribution in [3.63, 3.8) is 0 Å². The highest BCUT2D eigenvalue weighted by Gasteiger charge is 2.19. The molecule has 1 aromatic carbocycles. The number of aromatic nitrogens is 1. The van der Waals surface area contributed by atoms with Gasteiger partial charge in [0, 0.05) is 5.56 Å². The summed E-state index contributed by atoms with van der Waals surface area (Å²) in [7, 11) is 1.43. The van der Waals surface area contributed by atoms with Crippen LogP contribution in [0.15, 0.2) is 23.0 Å². The van der Waals surface area contributed by atoms with E-state index in [0.29, 0.717) is 11.3 Å². The Labute approximate surface area is 136 Å². The van der Waals surface area contributed by atoms with Gasteiger partial charge in [0.15, 0.2) is 18.1 Å². The van der Waals surface area contributed by atoms with Crippen molar-refractivity contribution < 1.29 is 9.47 Å². The molecule has 0 bridgehead atoms. The van der Waals surface area contributed by atoms with Crippen molar-refractivity contribution in [1.82, 2.24) is 4.98 Å². The van der Waals surface area contributed by atoms with E-state index >= 15 is 0 Å². The maximum Gasteiger partial charge on any atom is 0.268 e.